The Morgan fingerprint density at radius 2 is 2.25 bits per heavy atom. The fourth-order valence-electron chi connectivity index (χ4n) is 2.14. The van der Waals surface area contributed by atoms with Crippen molar-refractivity contribution >= 4 is 5.91 Å². The van der Waals surface area contributed by atoms with Crippen molar-refractivity contribution in [2.24, 2.45) is 0 Å². The molecule has 2 rings (SSSR count). The first-order valence-corrected chi connectivity index (χ1v) is 5.14. The summed E-state index contributed by atoms with van der Waals surface area (Å²) < 4.78 is 42.1. The molecule has 2 aliphatic heterocycles. The van der Waals surface area contributed by atoms with Crippen LogP contribution in [0, 0.1) is 0 Å². The molecule has 0 radical (unpaired) electrons. The second-order valence-corrected chi connectivity index (χ2v) is 4.11. The molecule has 0 bridgehead atoms. The van der Waals surface area contributed by atoms with E-state index in [9.17, 15) is 18.0 Å². The van der Waals surface area contributed by atoms with Gasteiger partial charge in [-0.15, -0.1) is 0 Å². The lowest BCUT2D eigenvalue weighted by Crippen LogP contribution is -2.59. The molecule has 1 N–H and O–H groups in total. The number of hydrogen-bond donors (Lipinski definition) is 1. The summed E-state index contributed by atoms with van der Waals surface area (Å²) in [5, 5.41) is 2.94. The molecule has 1 atom stereocenters. The van der Waals surface area contributed by atoms with Crippen molar-refractivity contribution < 1.29 is 22.7 Å². The summed E-state index contributed by atoms with van der Waals surface area (Å²) in [5.74, 6) is -0.541. The smallest absolute Gasteiger partial charge is 0.362 e. The highest BCUT2D eigenvalue weighted by Crippen LogP contribution is 2.28. The largest absolute Gasteiger partial charge is 0.406 e. The molecule has 4 nitrogen and oxygen atoms in total. The average Bonchev–Trinajstić information content (AvgIpc) is 2.61. The molecule has 0 aromatic heterocycles. The van der Waals surface area contributed by atoms with Crippen molar-refractivity contribution in [1.82, 2.24) is 10.2 Å². The maximum atomic E-state index is 12.2. The van der Waals surface area contributed by atoms with Crippen molar-refractivity contribution in [2.45, 2.75) is 18.2 Å². The number of morpholine rings is 1. The number of halogens is 3. The van der Waals surface area contributed by atoms with Crippen LogP contribution in [0.4, 0.5) is 13.2 Å². The molecule has 2 aliphatic rings. The minimum atomic E-state index is -4.35. The molecule has 0 saturated carbocycles. The van der Waals surface area contributed by atoms with E-state index < -0.39 is 24.2 Å². The molecule has 2 fully saturated rings. The van der Waals surface area contributed by atoms with Gasteiger partial charge in [0.05, 0.1) is 6.61 Å². The van der Waals surface area contributed by atoms with Crippen LogP contribution < -0.4 is 5.32 Å². The van der Waals surface area contributed by atoms with E-state index in [1.54, 1.807) is 0 Å². The molecular formula is C9H13F3N2O2. The number of hydrogen-bond acceptors (Lipinski definition) is 3. The minimum Gasteiger partial charge on any atom is -0.362 e. The third-order valence-corrected chi connectivity index (χ3v) is 2.90. The van der Waals surface area contributed by atoms with Crippen molar-refractivity contribution in [1.29, 1.82) is 0 Å². The zero-order valence-corrected chi connectivity index (χ0v) is 8.64. The molecule has 0 aromatic rings. The Morgan fingerprint density at radius 1 is 1.50 bits per heavy atom. The number of amides is 1. The molecule has 92 valence electrons. The van der Waals surface area contributed by atoms with Crippen molar-refractivity contribution in [3.8, 4) is 0 Å². The zero-order chi connectivity index (χ0) is 11.8. The second-order valence-electron chi connectivity index (χ2n) is 4.11. The van der Waals surface area contributed by atoms with E-state index in [0.29, 0.717) is 19.5 Å². The lowest BCUT2D eigenvalue weighted by Gasteiger charge is -2.39. The molecule has 2 heterocycles. The van der Waals surface area contributed by atoms with Gasteiger partial charge in [-0.25, -0.2) is 0 Å². The normalized spacial score (nSPS) is 31.4. The Morgan fingerprint density at radius 3 is 2.81 bits per heavy atom. The number of nitrogens with zero attached hydrogens (tertiary/aromatic N) is 1. The van der Waals surface area contributed by atoms with Gasteiger partial charge in [-0.05, 0) is 13.0 Å². The lowest BCUT2D eigenvalue weighted by atomic mass is 9.99. The fourth-order valence-corrected chi connectivity index (χ4v) is 2.14. The predicted molar refractivity (Wildman–Crippen MR) is 48.8 cm³/mol. The lowest BCUT2D eigenvalue weighted by molar-refractivity contribution is -0.189. The molecule has 0 aliphatic carbocycles. The number of carbonyl (C=O) groups is 1. The highest BCUT2D eigenvalue weighted by atomic mass is 19.4. The Balaban J connectivity index is 2.08. The summed E-state index contributed by atoms with van der Waals surface area (Å²) in [5.41, 5.74) is -1.05. The van der Waals surface area contributed by atoms with Gasteiger partial charge in [0.25, 0.3) is 5.91 Å². The molecular weight excluding hydrogens is 225 g/mol. The van der Waals surface area contributed by atoms with E-state index in [4.69, 9.17) is 4.74 Å². The van der Waals surface area contributed by atoms with Gasteiger partial charge in [-0.2, -0.15) is 13.2 Å². The van der Waals surface area contributed by atoms with Crippen LogP contribution in [0.5, 0.6) is 0 Å². The van der Waals surface area contributed by atoms with Gasteiger partial charge in [0.1, 0.15) is 6.54 Å². The van der Waals surface area contributed by atoms with Gasteiger partial charge >= 0.3 is 6.18 Å². The van der Waals surface area contributed by atoms with E-state index in [-0.39, 0.29) is 13.2 Å². The number of carbonyl (C=O) groups excluding carboxylic acids is 1. The van der Waals surface area contributed by atoms with Crippen LogP contribution in [-0.4, -0.2) is 55.4 Å². The summed E-state index contributed by atoms with van der Waals surface area (Å²) >= 11 is 0. The monoisotopic (exact) mass is 238 g/mol. The Kier molecular flexibility index (Phi) is 2.83. The molecule has 2 saturated heterocycles. The quantitative estimate of drug-likeness (QED) is 0.706. The van der Waals surface area contributed by atoms with Crippen molar-refractivity contribution in [2.75, 3.05) is 32.8 Å². The summed E-state index contributed by atoms with van der Waals surface area (Å²) in [6.07, 6.45) is -3.90. The van der Waals surface area contributed by atoms with Gasteiger partial charge in [0.2, 0.25) is 0 Å². The number of rotatable bonds is 1. The maximum absolute atomic E-state index is 12.2. The van der Waals surface area contributed by atoms with Crippen LogP contribution in [0.1, 0.15) is 6.42 Å². The van der Waals surface area contributed by atoms with E-state index in [2.05, 4.69) is 5.32 Å². The standard InChI is InChI=1S/C9H13F3N2O2/c10-9(11,12)6-14-3-4-16-8(7(14)15)1-2-13-5-8/h13H,1-6H2/t8-/m0/s1. The SMILES string of the molecule is O=C1N(CC(F)(F)F)CCO[C@]12CCNC2. The van der Waals surface area contributed by atoms with Crippen LogP contribution in [0.25, 0.3) is 0 Å². The zero-order valence-electron chi connectivity index (χ0n) is 8.64. The van der Waals surface area contributed by atoms with E-state index >= 15 is 0 Å². The summed E-state index contributed by atoms with van der Waals surface area (Å²) in [6.45, 7) is -0.0909. The highest BCUT2D eigenvalue weighted by molar-refractivity contribution is 5.86. The maximum Gasteiger partial charge on any atom is 0.406 e. The Labute approximate surface area is 90.7 Å². The third-order valence-electron chi connectivity index (χ3n) is 2.90. The first-order valence-electron chi connectivity index (χ1n) is 5.14. The highest BCUT2D eigenvalue weighted by Gasteiger charge is 2.49. The predicted octanol–water partition coefficient (Wildman–Crippen LogP) is 0.140. The molecule has 0 unspecified atom stereocenters. The van der Waals surface area contributed by atoms with Crippen LogP contribution in [0.3, 0.4) is 0 Å². The topological polar surface area (TPSA) is 41.6 Å². The van der Waals surface area contributed by atoms with Crippen LogP contribution in [-0.2, 0) is 9.53 Å². The fraction of sp³-hybridized carbons (Fsp3) is 0.889. The summed E-state index contributed by atoms with van der Waals surface area (Å²) in [4.78, 5) is 12.7. The number of alkyl halides is 3. The summed E-state index contributed by atoms with van der Waals surface area (Å²) in [7, 11) is 0. The first kappa shape index (κ1) is 11.7. The number of nitrogens with one attached hydrogen (secondary N) is 1. The number of ether oxygens (including phenoxy) is 1. The van der Waals surface area contributed by atoms with Crippen molar-refractivity contribution in [3.63, 3.8) is 0 Å². The van der Waals surface area contributed by atoms with Gasteiger partial charge < -0.3 is 15.0 Å². The van der Waals surface area contributed by atoms with Crippen molar-refractivity contribution in [3.05, 3.63) is 0 Å². The van der Waals surface area contributed by atoms with Gasteiger partial charge in [-0.1, -0.05) is 0 Å². The molecule has 1 spiro atoms. The Bertz CT molecular complexity index is 287. The van der Waals surface area contributed by atoms with Crippen LogP contribution >= 0.6 is 0 Å². The van der Waals surface area contributed by atoms with Gasteiger partial charge in [0, 0.05) is 13.1 Å². The third kappa shape index (κ3) is 2.15. The van der Waals surface area contributed by atoms with Crippen LogP contribution in [0.2, 0.25) is 0 Å². The molecule has 0 aromatic carbocycles. The Hall–Kier alpha value is -0.820. The van der Waals surface area contributed by atoms with Gasteiger partial charge in [-0.3, -0.25) is 4.79 Å². The minimum absolute atomic E-state index is 0.0140. The summed E-state index contributed by atoms with van der Waals surface area (Å²) in [6, 6.07) is 0. The molecule has 1 amide bonds. The van der Waals surface area contributed by atoms with Gasteiger partial charge in [0.15, 0.2) is 5.60 Å². The first-order chi connectivity index (χ1) is 7.43. The molecule has 7 heteroatoms. The molecule has 16 heavy (non-hydrogen) atoms. The van der Waals surface area contributed by atoms with E-state index in [1.165, 1.54) is 0 Å². The van der Waals surface area contributed by atoms with E-state index in [0.717, 1.165) is 4.90 Å². The second kappa shape index (κ2) is 3.89. The average molecular weight is 238 g/mol. The van der Waals surface area contributed by atoms with Crippen LogP contribution in [0.15, 0.2) is 0 Å². The van der Waals surface area contributed by atoms with E-state index in [1.807, 2.05) is 0 Å².